The molecular weight excluding hydrogens is 413 g/mol. The van der Waals surface area contributed by atoms with Crippen LogP contribution < -0.4 is 32.3 Å². The van der Waals surface area contributed by atoms with E-state index in [1.54, 1.807) is 0 Å². The van der Waals surface area contributed by atoms with Gasteiger partial charge in [0.15, 0.2) is 0 Å². The van der Waals surface area contributed by atoms with E-state index < -0.39 is 7.26 Å². The van der Waals surface area contributed by atoms with Gasteiger partial charge in [-0.1, -0.05) is 0 Å². The molecule has 0 amide bonds. The van der Waals surface area contributed by atoms with Crippen LogP contribution >= 0.6 is 7.26 Å². The van der Waals surface area contributed by atoms with E-state index >= 15 is 0 Å². The van der Waals surface area contributed by atoms with Gasteiger partial charge in [0.1, 0.15) is 0 Å². The summed E-state index contributed by atoms with van der Waals surface area (Å²) in [5, 5.41) is 24.6. The normalized spacial score (nSPS) is 11.5. The molecule has 0 spiro atoms. The van der Waals surface area contributed by atoms with E-state index in [9.17, 15) is 0 Å². The van der Waals surface area contributed by atoms with E-state index in [-0.39, 0.29) is 11.9 Å². The molecule has 0 fully saturated rings. The first-order valence-electron chi connectivity index (χ1n) is 11.2. The maximum atomic E-state index is 7.67. The average Bonchev–Trinajstić information content (AvgIpc) is 2.82. The number of rotatable bonds is 10. The fourth-order valence-corrected chi connectivity index (χ4v) is 9.29. The van der Waals surface area contributed by atoms with Gasteiger partial charge in [0.05, 0.1) is 0 Å². The van der Waals surface area contributed by atoms with Gasteiger partial charge < -0.3 is 0 Å². The molecule has 0 saturated heterocycles. The van der Waals surface area contributed by atoms with Crippen LogP contribution in [-0.4, -0.2) is 24.6 Å². The summed E-state index contributed by atoms with van der Waals surface area (Å²) >= 11 is 0. The number of hydrogen-bond acceptors (Lipinski definition) is 2. The molecule has 0 heterocycles. The van der Waals surface area contributed by atoms with Crippen molar-refractivity contribution in [1.82, 2.24) is 10.6 Å². The van der Waals surface area contributed by atoms with Crippen LogP contribution in [-0.2, 0) is 0 Å². The van der Waals surface area contributed by atoms with Gasteiger partial charge in [0.25, 0.3) is 0 Å². The molecule has 3 aromatic rings. The predicted molar refractivity (Wildman–Crippen MR) is 141 cm³/mol. The molecule has 0 aromatic heterocycles. The molecule has 0 aliphatic heterocycles. The first-order valence-corrected chi connectivity index (χ1v) is 13.4. The van der Waals surface area contributed by atoms with Crippen LogP contribution in [0, 0.1) is 10.8 Å². The van der Waals surface area contributed by atoms with Crippen molar-refractivity contribution in [3.63, 3.8) is 0 Å². The maximum absolute atomic E-state index is 7.67. The SMILES string of the molecule is N=C(N)NC(=N)NCCCCCC[PH](c1ccccc1)(c1ccccc1)c1ccccc1. The Balaban J connectivity index is 1.72. The summed E-state index contributed by atoms with van der Waals surface area (Å²) in [6.07, 6.45) is 5.56. The van der Waals surface area contributed by atoms with E-state index in [1.165, 1.54) is 22.1 Å². The number of guanidine groups is 2. The number of nitrogens with one attached hydrogen (secondary N) is 4. The summed E-state index contributed by atoms with van der Waals surface area (Å²) in [7, 11) is -2.13. The minimum absolute atomic E-state index is 0.0844. The Morgan fingerprint density at radius 2 is 1.09 bits per heavy atom. The molecule has 6 heteroatoms. The molecule has 32 heavy (non-hydrogen) atoms. The van der Waals surface area contributed by atoms with E-state index in [0.717, 1.165) is 25.7 Å². The molecule has 6 N–H and O–H groups in total. The quantitative estimate of drug-likeness (QED) is 0.143. The van der Waals surface area contributed by atoms with E-state index in [0.29, 0.717) is 6.54 Å². The van der Waals surface area contributed by atoms with Crippen molar-refractivity contribution in [2.45, 2.75) is 25.7 Å². The zero-order chi connectivity index (χ0) is 22.7. The van der Waals surface area contributed by atoms with Gasteiger partial charge >= 0.3 is 192 Å². The van der Waals surface area contributed by atoms with Crippen molar-refractivity contribution in [2.24, 2.45) is 5.73 Å². The van der Waals surface area contributed by atoms with Crippen LogP contribution in [0.3, 0.4) is 0 Å². The Morgan fingerprint density at radius 1 is 0.656 bits per heavy atom. The molecule has 0 atom stereocenters. The molecule has 0 aliphatic rings. The first kappa shape index (κ1) is 23.5. The Bertz CT molecular complexity index is 880. The van der Waals surface area contributed by atoms with Gasteiger partial charge in [-0.3, -0.25) is 0 Å². The number of nitrogens with two attached hydrogens (primary N) is 1. The Kier molecular flexibility index (Phi) is 8.82. The second-order valence-corrected chi connectivity index (χ2v) is 12.1. The van der Waals surface area contributed by atoms with Gasteiger partial charge in [-0.15, -0.1) is 0 Å². The second-order valence-electron chi connectivity index (χ2n) is 8.01. The van der Waals surface area contributed by atoms with Crippen LogP contribution in [0.25, 0.3) is 0 Å². The number of benzene rings is 3. The third-order valence-electron chi connectivity index (χ3n) is 5.84. The Hall–Kier alpha value is -3.17. The van der Waals surface area contributed by atoms with Crippen LogP contribution in [0.15, 0.2) is 91.0 Å². The molecule has 168 valence electrons. The number of unbranched alkanes of at least 4 members (excludes halogenated alkanes) is 3. The van der Waals surface area contributed by atoms with Crippen LogP contribution in [0.5, 0.6) is 0 Å². The molecular formula is C26H34N5P. The molecule has 0 saturated carbocycles. The molecule has 0 unspecified atom stereocenters. The summed E-state index contributed by atoms with van der Waals surface area (Å²) < 4.78 is 0. The van der Waals surface area contributed by atoms with Crippen molar-refractivity contribution in [3.05, 3.63) is 91.0 Å². The van der Waals surface area contributed by atoms with Crippen molar-refractivity contribution in [2.75, 3.05) is 12.7 Å². The summed E-state index contributed by atoms with van der Waals surface area (Å²) in [4.78, 5) is 0. The monoisotopic (exact) mass is 447 g/mol. The molecule has 5 nitrogen and oxygen atoms in total. The molecule has 0 aliphatic carbocycles. The standard InChI is InChI=1S/C26H34N5P/c27-25(28)31-26(29)30-20-12-1-2-13-21-32(22-14-6-3-7-15-22,23-16-8-4-9-17-23)24-18-10-5-11-19-24/h3-11,14-19,32H,1-2,12-13,20-21H2,(H6,27,28,29,30,31). The predicted octanol–water partition coefficient (Wildman–Crippen LogP) is 3.28. The van der Waals surface area contributed by atoms with E-state index in [4.69, 9.17) is 16.6 Å². The molecule has 0 radical (unpaired) electrons. The average molecular weight is 448 g/mol. The van der Waals surface area contributed by atoms with E-state index in [1.807, 2.05) is 0 Å². The third-order valence-corrected chi connectivity index (χ3v) is 10.9. The summed E-state index contributed by atoms with van der Waals surface area (Å²) in [6.45, 7) is 0.706. The zero-order valence-corrected chi connectivity index (χ0v) is 19.5. The molecule has 0 bridgehead atoms. The van der Waals surface area contributed by atoms with Gasteiger partial charge in [-0.25, -0.2) is 0 Å². The number of hydrogen-bond donors (Lipinski definition) is 5. The van der Waals surface area contributed by atoms with Gasteiger partial charge in [-0.05, 0) is 0 Å². The fraction of sp³-hybridized carbons (Fsp3) is 0.231. The zero-order valence-electron chi connectivity index (χ0n) is 18.5. The van der Waals surface area contributed by atoms with Crippen molar-refractivity contribution < 1.29 is 0 Å². The van der Waals surface area contributed by atoms with Crippen LogP contribution in [0.2, 0.25) is 0 Å². The minimum atomic E-state index is -2.13. The van der Waals surface area contributed by atoms with Crippen molar-refractivity contribution in [3.8, 4) is 0 Å². The molecule has 3 rings (SSSR count). The van der Waals surface area contributed by atoms with Crippen molar-refractivity contribution in [1.29, 1.82) is 10.8 Å². The van der Waals surface area contributed by atoms with Crippen LogP contribution in [0.1, 0.15) is 25.7 Å². The molecule has 3 aromatic carbocycles. The Labute approximate surface area is 191 Å². The van der Waals surface area contributed by atoms with Gasteiger partial charge in [-0.2, -0.15) is 0 Å². The third kappa shape index (κ3) is 6.18. The fourth-order valence-electron chi connectivity index (χ4n) is 4.36. The van der Waals surface area contributed by atoms with Gasteiger partial charge in [0, 0.05) is 0 Å². The summed E-state index contributed by atoms with van der Waals surface area (Å²) in [6, 6.07) is 33.2. The van der Waals surface area contributed by atoms with Crippen LogP contribution in [0.4, 0.5) is 0 Å². The van der Waals surface area contributed by atoms with E-state index in [2.05, 4.69) is 102 Å². The Morgan fingerprint density at radius 3 is 1.53 bits per heavy atom. The van der Waals surface area contributed by atoms with Crippen molar-refractivity contribution >= 4 is 35.1 Å². The van der Waals surface area contributed by atoms with Gasteiger partial charge in [0.2, 0.25) is 0 Å². The second kappa shape index (κ2) is 12.0. The summed E-state index contributed by atoms with van der Waals surface area (Å²) in [5.41, 5.74) is 5.24. The summed E-state index contributed by atoms with van der Waals surface area (Å²) in [5.74, 6) is -0.132. The first-order chi connectivity index (χ1) is 15.6. The topological polar surface area (TPSA) is 97.8 Å².